The lowest BCUT2D eigenvalue weighted by Crippen LogP contribution is -2.31. The van der Waals surface area contributed by atoms with E-state index < -0.39 is 0 Å². The Bertz CT molecular complexity index is 720. The third-order valence-electron chi connectivity index (χ3n) is 4.97. The molecular weight excluding hydrogens is 294 g/mol. The fraction of sp³-hybridized carbons (Fsp3) is 0.500. The molecule has 2 saturated carbocycles. The fourth-order valence-electron chi connectivity index (χ4n) is 3.23. The first-order chi connectivity index (χ1) is 11.2. The van der Waals surface area contributed by atoms with Gasteiger partial charge in [0.1, 0.15) is 17.8 Å². The molecule has 2 aromatic rings. The number of nitrogens with one attached hydrogen (secondary N) is 1. The number of methoxy groups -OCH3 is 1. The molecule has 0 unspecified atom stereocenters. The van der Waals surface area contributed by atoms with Gasteiger partial charge in [-0.2, -0.15) is 4.68 Å². The van der Waals surface area contributed by atoms with Gasteiger partial charge in [0.05, 0.1) is 7.11 Å². The van der Waals surface area contributed by atoms with Crippen LogP contribution in [-0.4, -0.2) is 39.8 Å². The Balaban J connectivity index is 1.52. The summed E-state index contributed by atoms with van der Waals surface area (Å²) in [6.07, 6.45) is 6.61. The van der Waals surface area contributed by atoms with Gasteiger partial charge in [-0.1, -0.05) is 0 Å². The number of hydrogen-bond donors (Lipinski definition) is 1. The van der Waals surface area contributed by atoms with Crippen LogP contribution in [0.5, 0.6) is 5.75 Å². The number of benzene rings is 1. The van der Waals surface area contributed by atoms with Crippen LogP contribution in [0.1, 0.15) is 36.0 Å². The number of carbonyl (C=O) groups is 1. The van der Waals surface area contributed by atoms with Crippen molar-refractivity contribution in [1.29, 1.82) is 0 Å². The molecule has 0 spiro atoms. The highest BCUT2D eigenvalue weighted by Crippen LogP contribution is 2.60. The van der Waals surface area contributed by atoms with Crippen molar-refractivity contribution in [2.24, 2.45) is 11.3 Å². The minimum atomic E-state index is -0.0612. The highest BCUT2D eigenvalue weighted by atomic mass is 16.5. The van der Waals surface area contributed by atoms with Gasteiger partial charge in [0, 0.05) is 12.1 Å². The lowest BCUT2D eigenvalue weighted by atomic mass is 10.0. The zero-order valence-electron chi connectivity index (χ0n) is 13.0. The van der Waals surface area contributed by atoms with Crippen LogP contribution in [0.15, 0.2) is 24.5 Å². The molecule has 7 nitrogen and oxygen atoms in total. The summed E-state index contributed by atoms with van der Waals surface area (Å²) in [5, 5.41) is 14.2. The Morgan fingerprint density at radius 3 is 2.87 bits per heavy atom. The molecule has 1 aromatic carbocycles. The van der Waals surface area contributed by atoms with Crippen molar-refractivity contribution in [3.63, 3.8) is 0 Å². The summed E-state index contributed by atoms with van der Waals surface area (Å²) in [5.41, 5.74) is 1.62. The Morgan fingerprint density at radius 2 is 2.26 bits per heavy atom. The van der Waals surface area contributed by atoms with Crippen molar-refractivity contribution >= 4 is 5.91 Å². The fourth-order valence-corrected chi connectivity index (χ4v) is 3.23. The third-order valence-corrected chi connectivity index (χ3v) is 4.97. The van der Waals surface area contributed by atoms with Crippen LogP contribution in [0.25, 0.3) is 5.69 Å². The van der Waals surface area contributed by atoms with E-state index in [4.69, 9.17) is 4.74 Å². The van der Waals surface area contributed by atoms with Gasteiger partial charge in [-0.25, -0.2) is 0 Å². The van der Waals surface area contributed by atoms with Crippen molar-refractivity contribution in [2.45, 2.75) is 25.7 Å². The van der Waals surface area contributed by atoms with E-state index in [0.717, 1.165) is 12.5 Å². The summed E-state index contributed by atoms with van der Waals surface area (Å²) in [6, 6.07) is 5.28. The second kappa shape index (κ2) is 5.33. The summed E-state index contributed by atoms with van der Waals surface area (Å²) in [4.78, 5) is 12.5. The van der Waals surface area contributed by atoms with E-state index in [0.29, 0.717) is 22.4 Å². The second-order valence-corrected chi connectivity index (χ2v) is 6.46. The van der Waals surface area contributed by atoms with Gasteiger partial charge < -0.3 is 10.1 Å². The molecule has 2 aliphatic rings. The van der Waals surface area contributed by atoms with Crippen molar-refractivity contribution in [3.8, 4) is 11.4 Å². The van der Waals surface area contributed by atoms with Crippen LogP contribution in [0.2, 0.25) is 0 Å². The molecule has 1 amide bonds. The van der Waals surface area contributed by atoms with Gasteiger partial charge in [0.15, 0.2) is 0 Å². The molecule has 0 radical (unpaired) electrons. The maximum atomic E-state index is 12.5. The number of tetrazole rings is 1. The predicted octanol–water partition coefficient (Wildman–Crippen LogP) is 1.59. The maximum absolute atomic E-state index is 12.5. The molecule has 0 bridgehead atoms. The van der Waals surface area contributed by atoms with E-state index in [9.17, 15) is 4.79 Å². The highest BCUT2D eigenvalue weighted by molar-refractivity contribution is 5.95. The molecule has 4 rings (SSSR count). The monoisotopic (exact) mass is 313 g/mol. The number of hydrogen-bond acceptors (Lipinski definition) is 5. The molecule has 1 N–H and O–H groups in total. The lowest BCUT2D eigenvalue weighted by Gasteiger charge is -2.15. The van der Waals surface area contributed by atoms with Crippen molar-refractivity contribution in [1.82, 2.24) is 25.5 Å². The number of nitrogens with zero attached hydrogens (tertiary/aromatic N) is 4. The van der Waals surface area contributed by atoms with E-state index >= 15 is 0 Å². The summed E-state index contributed by atoms with van der Waals surface area (Å²) < 4.78 is 6.81. The largest absolute Gasteiger partial charge is 0.494 e. The molecule has 120 valence electrons. The van der Waals surface area contributed by atoms with Gasteiger partial charge in [-0.05, 0) is 65.6 Å². The van der Waals surface area contributed by atoms with E-state index in [2.05, 4.69) is 20.8 Å². The summed E-state index contributed by atoms with van der Waals surface area (Å²) in [6.45, 7) is 0.780. The van der Waals surface area contributed by atoms with Crippen molar-refractivity contribution in [2.75, 3.05) is 13.7 Å². The molecule has 7 heteroatoms. The minimum absolute atomic E-state index is 0.0612. The first kappa shape index (κ1) is 14.2. The second-order valence-electron chi connectivity index (χ2n) is 6.46. The molecular formula is C16H19N5O2. The average Bonchev–Trinajstić information content (AvgIpc) is 3.50. The van der Waals surface area contributed by atoms with Crippen LogP contribution in [0.4, 0.5) is 0 Å². The zero-order valence-corrected chi connectivity index (χ0v) is 13.0. The van der Waals surface area contributed by atoms with Crippen molar-refractivity contribution in [3.05, 3.63) is 30.1 Å². The Hall–Kier alpha value is -2.44. The summed E-state index contributed by atoms with van der Waals surface area (Å²) >= 11 is 0. The number of aromatic nitrogens is 4. The van der Waals surface area contributed by atoms with Gasteiger partial charge in [-0.15, -0.1) is 5.10 Å². The quantitative estimate of drug-likeness (QED) is 0.876. The zero-order chi connectivity index (χ0) is 15.9. The van der Waals surface area contributed by atoms with Crippen LogP contribution in [-0.2, 0) is 0 Å². The Morgan fingerprint density at radius 1 is 1.43 bits per heavy atom. The summed E-state index contributed by atoms with van der Waals surface area (Å²) in [5.74, 6) is 1.38. The van der Waals surface area contributed by atoms with Gasteiger partial charge >= 0.3 is 0 Å². The average molecular weight is 313 g/mol. The molecule has 23 heavy (non-hydrogen) atoms. The molecule has 0 atom stereocenters. The van der Waals surface area contributed by atoms with Gasteiger partial charge in [0.25, 0.3) is 5.91 Å². The van der Waals surface area contributed by atoms with Crippen LogP contribution in [0.3, 0.4) is 0 Å². The SMILES string of the molecule is COc1ccc(C(=O)NCC2(C3CC3)CC2)cc1-n1cnnn1. The van der Waals surface area contributed by atoms with Crippen molar-refractivity contribution < 1.29 is 9.53 Å². The maximum Gasteiger partial charge on any atom is 0.251 e. The van der Waals surface area contributed by atoms with Crippen LogP contribution >= 0.6 is 0 Å². The number of amides is 1. The van der Waals surface area contributed by atoms with Crippen LogP contribution < -0.4 is 10.1 Å². The Labute approximate surface area is 134 Å². The summed E-state index contributed by atoms with van der Waals surface area (Å²) in [7, 11) is 1.58. The number of carbonyl (C=O) groups excluding carboxylic acids is 1. The molecule has 1 heterocycles. The lowest BCUT2D eigenvalue weighted by molar-refractivity contribution is 0.0942. The smallest absolute Gasteiger partial charge is 0.251 e. The minimum Gasteiger partial charge on any atom is -0.494 e. The normalized spacial score (nSPS) is 18.5. The molecule has 0 saturated heterocycles. The third kappa shape index (κ3) is 2.67. The van der Waals surface area contributed by atoms with E-state index in [1.807, 2.05) is 0 Å². The topological polar surface area (TPSA) is 81.9 Å². The van der Waals surface area contributed by atoms with Crippen LogP contribution in [0, 0.1) is 11.3 Å². The van der Waals surface area contributed by atoms with Gasteiger partial charge in [-0.3, -0.25) is 4.79 Å². The standard InChI is InChI=1S/C16H19N5O2/c1-23-14-5-2-11(8-13(14)21-10-18-19-20-21)15(22)17-9-16(6-7-16)12-3-4-12/h2,5,8,10,12H,3-4,6-7,9H2,1H3,(H,17,22). The van der Waals surface area contributed by atoms with E-state index in [-0.39, 0.29) is 5.91 Å². The highest BCUT2D eigenvalue weighted by Gasteiger charge is 2.53. The van der Waals surface area contributed by atoms with Gasteiger partial charge in [0.2, 0.25) is 0 Å². The first-order valence-electron chi connectivity index (χ1n) is 7.91. The molecule has 2 aliphatic carbocycles. The molecule has 2 fully saturated rings. The first-order valence-corrected chi connectivity index (χ1v) is 7.91. The molecule has 1 aromatic heterocycles. The van der Waals surface area contributed by atoms with E-state index in [1.54, 1.807) is 25.3 Å². The Kier molecular flexibility index (Phi) is 3.28. The number of rotatable bonds is 6. The molecule has 0 aliphatic heterocycles. The predicted molar refractivity (Wildman–Crippen MR) is 82.4 cm³/mol. The van der Waals surface area contributed by atoms with E-state index in [1.165, 1.54) is 36.7 Å². The number of ether oxygens (including phenoxy) is 1.